The SMILES string of the molecule is CCCC(=CC(=O)C=C(CCC)C(C)(C)C)C(C)(C)C. The van der Waals surface area contributed by atoms with E-state index in [1.54, 1.807) is 0 Å². The molecule has 0 heterocycles. The Hall–Kier alpha value is -0.850. The molecule has 0 aliphatic heterocycles. The van der Waals surface area contributed by atoms with Gasteiger partial charge in [0.2, 0.25) is 0 Å². The van der Waals surface area contributed by atoms with Gasteiger partial charge in [-0.15, -0.1) is 0 Å². The second kappa shape index (κ2) is 7.81. The van der Waals surface area contributed by atoms with E-state index in [0.29, 0.717) is 0 Å². The van der Waals surface area contributed by atoms with Crippen molar-refractivity contribution in [3.63, 3.8) is 0 Å². The maximum atomic E-state index is 12.4. The summed E-state index contributed by atoms with van der Waals surface area (Å²) in [6, 6.07) is 0. The Bertz CT molecular complexity index is 334. The summed E-state index contributed by atoms with van der Waals surface area (Å²) in [5, 5.41) is 0. The molecule has 116 valence electrons. The van der Waals surface area contributed by atoms with Gasteiger partial charge in [0.25, 0.3) is 0 Å². The van der Waals surface area contributed by atoms with E-state index in [-0.39, 0.29) is 16.6 Å². The highest BCUT2D eigenvalue weighted by Gasteiger charge is 2.19. The summed E-state index contributed by atoms with van der Waals surface area (Å²) in [5.41, 5.74) is 2.66. The molecule has 0 saturated carbocycles. The topological polar surface area (TPSA) is 17.1 Å². The zero-order valence-electron chi connectivity index (χ0n) is 14.9. The van der Waals surface area contributed by atoms with Crippen LogP contribution in [0.2, 0.25) is 0 Å². The Morgan fingerprint density at radius 3 is 1.25 bits per heavy atom. The van der Waals surface area contributed by atoms with Gasteiger partial charge < -0.3 is 0 Å². The Balaban J connectivity index is 5.31. The molecule has 0 radical (unpaired) electrons. The summed E-state index contributed by atoms with van der Waals surface area (Å²) in [4.78, 5) is 12.4. The van der Waals surface area contributed by atoms with Gasteiger partial charge in [-0.3, -0.25) is 4.79 Å². The molecular formula is C19H34O. The van der Waals surface area contributed by atoms with E-state index in [2.05, 4.69) is 55.4 Å². The van der Waals surface area contributed by atoms with Gasteiger partial charge in [0.15, 0.2) is 5.78 Å². The summed E-state index contributed by atoms with van der Waals surface area (Å²) in [6.07, 6.45) is 7.90. The van der Waals surface area contributed by atoms with Gasteiger partial charge >= 0.3 is 0 Å². The molecule has 0 bridgehead atoms. The molecule has 0 aromatic carbocycles. The molecule has 0 unspecified atom stereocenters. The first-order chi connectivity index (χ1) is 9.02. The molecule has 0 N–H and O–H groups in total. The fourth-order valence-electron chi connectivity index (χ4n) is 2.25. The third-order valence-corrected chi connectivity index (χ3v) is 3.60. The van der Waals surface area contributed by atoms with Crippen molar-refractivity contribution in [2.24, 2.45) is 10.8 Å². The highest BCUT2D eigenvalue weighted by atomic mass is 16.1. The molecule has 0 aliphatic rings. The lowest BCUT2D eigenvalue weighted by Gasteiger charge is -2.24. The molecule has 0 fully saturated rings. The van der Waals surface area contributed by atoms with E-state index in [9.17, 15) is 4.79 Å². The molecule has 0 atom stereocenters. The summed E-state index contributed by atoms with van der Waals surface area (Å²) in [5.74, 6) is 0.154. The van der Waals surface area contributed by atoms with Crippen LogP contribution in [0.5, 0.6) is 0 Å². The third-order valence-electron chi connectivity index (χ3n) is 3.60. The first kappa shape index (κ1) is 19.1. The van der Waals surface area contributed by atoms with Crippen molar-refractivity contribution in [2.75, 3.05) is 0 Å². The quantitative estimate of drug-likeness (QED) is 0.536. The zero-order valence-corrected chi connectivity index (χ0v) is 14.9. The lowest BCUT2D eigenvalue weighted by atomic mass is 9.81. The molecule has 0 spiro atoms. The van der Waals surface area contributed by atoms with E-state index in [4.69, 9.17) is 0 Å². The van der Waals surface area contributed by atoms with E-state index >= 15 is 0 Å². The minimum atomic E-state index is 0.0756. The number of allylic oxidation sites excluding steroid dienone is 4. The van der Waals surface area contributed by atoms with Crippen molar-refractivity contribution in [3.05, 3.63) is 23.3 Å². The molecule has 1 heteroatoms. The Kier molecular flexibility index (Phi) is 7.47. The molecule has 0 saturated heterocycles. The normalized spacial score (nSPS) is 14.6. The summed E-state index contributed by atoms with van der Waals surface area (Å²) < 4.78 is 0. The Morgan fingerprint density at radius 2 is 1.05 bits per heavy atom. The lowest BCUT2D eigenvalue weighted by Crippen LogP contribution is -2.13. The van der Waals surface area contributed by atoms with Crippen LogP contribution in [0.3, 0.4) is 0 Å². The molecule has 0 rings (SSSR count). The predicted octanol–water partition coefficient (Wildman–Crippen LogP) is 6.10. The van der Waals surface area contributed by atoms with Crippen molar-refractivity contribution in [3.8, 4) is 0 Å². The molecule has 1 nitrogen and oxygen atoms in total. The van der Waals surface area contributed by atoms with Crippen molar-refractivity contribution in [1.29, 1.82) is 0 Å². The van der Waals surface area contributed by atoms with Crippen molar-refractivity contribution in [2.45, 2.75) is 81.1 Å². The molecule has 0 aliphatic carbocycles. The van der Waals surface area contributed by atoms with Gasteiger partial charge in [-0.05, 0) is 35.8 Å². The van der Waals surface area contributed by atoms with E-state index in [1.807, 2.05) is 12.2 Å². The summed E-state index contributed by atoms with van der Waals surface area (Å²) in [6.45, 7) is 17.4. The highest BCUT2D eigenvalue weighted by Crippen LogP contribution is 2.31. The maximum absolute atomic E-state index is 12.4. The number of hydrogen-bond donors (Lipinski definition) is 0. The van der Waals surface area contributed by atoms with Gasteiger partial charge in [0.05, 0.1) is 0 Å². The third kappa shape index (κ3) is 7.07. The second-order valence-electron chi connectivity index (χ2n) is 7.74. The highest BCUT2D eigenvalue weighted by molar-refractivity contribution is 6.00. The largest absolute Gasteiger partial charge is 0.290 e. The van der Waals surface area contributed by atoms with Crippen LogP contribution in [0.15, 0.2) is 23.3 Å². The van der Waals surface area contributed by atoms with Gasteiger partial charge in [-0.25, -0.2) is 0 Å². The first-order valence-corrected chi connectivity index (χ1v) is 7.98. The Morgan fingerprint density at radius 1 is 0.750 bits per heavy atom. The summed E-state index contributed by atoms with van der Waals surface area (Å²) in [7, 11) is 0. The van der Waals surface area contributed by atoms with Crippen LogP contribution in [0.4, 0.5) is 0 Å². The van der Waals surface area contributed by atoms with Gasteiger partial charge in [-0.2, -0.15) is 0 Å². The second-order valence-corrected chi connectivity index (χ2v) is 7.74. The van der Waals surface area contributed by atoms with Crippen LogP contribution >= 0.6 is 0 Å². The van der Waals surface area contributed by atoms with E-state index in [1.165, 1.54) is 11.1 Å². The predicted molar refractivity (Wildman–Crippen MR) is 89.9 cm³/mol. The van der Waals surface area contributed by atoms with Crippen LogP contribution in [-0.4, -0.2) is 5.78 Å². The van der Waals surface area contributed by atoms with Gasteiger partial charge in [-0.1, -0.05) is 79.4 Å². The number of carbonyl (C=O) groups excluding carboxylic acids is 1. The maximum Gasteiger partial charge on any atom is 0.178 e. The van der Waals surface area contributed by atoms with Gasteiger partial charge in [0, 0.05) is 0 Å². The van der Waals surface area contributed by atoms with Crippen LogP contribution in [0.1, 0.15) is 81.1 Å². The first-order valence-electron chi connectivity index (χ1n) is 7.98. The van der Waals surface area contributed by atoms with Crippen LogP contribution < -0.4 is 0 Å². The Labute approximate surface area is 126 Å². The minimum Gasteiger partial charge on any atom is -0.290 e. The number of ketones is 1. The molecular weight excluding hydrogens is 244 g/mol. The van der Waals surface area contributed by atoms with E-state index in [0.717, 1.165) is 25.7 Å². The minimum absolute atomic E-state index is 0.0756. The van der Waals surface area contributed by atoms with Crippen molar-refractivity contribution < 1.29 is 4.79 Å². The monoisotopic (exact) mass is 278 g/mol. The number of hydrogen-bond acceptors (Lipinski definition) is 1. The number of carbonyl (C=O) groups is 1. The van der Waals surface area contributed by atoms with Crippen molar-refractivity contribution >= 4 is 5.78 Å². The summed E-state index contributed by atoms with van der Waals surface area (Å²) >= 11 is 0. The lowest BCUT2D eigenvalue weighted by molar-refractivity contribution is -0.110. The fraction of sp³-hybridized carbons (Fsp3) is 0.737. The average Bonchev–Trinajstić information content (AvgIpc) is 2.25. The van der Waals surface area contributed by atoms with Crippen LogP contribution in [0, 0.1) is 10.8 Å². The standard InChI is InChI=1S/C19H34O/c1-9-11-15(18(3,4)5)13-17(20)14-16(12-10-2)19(6,7)8/h13-14H,9-12H2,1-8H3. The molecule has 0 amide bonds. The van der Waals surface area contributed by atoms with Crippen LogP contribution in [-0.2, 0) is 4.79 Å². The van der Waals surface area contributed by atoms with Gasteiger partial charge in [0.1, 0.15) is 0 Å². The molecule has 0 aromatic rings. The smallest absolute Gasteiger partial charge is 0.178 e. The van der Waals surface area contributed by atoms with Crippen molar-refractivity contribution in [1.82, 2.24) is 0 Å². The molecule has 20 heavy (non-hydrogen) atoms. The average molecular weight is 278 g/mol. The number of rotatable bonds is 6. The van der Waals surface area contributed by atoms with Crippen LogP contribution in [0.25, 0.3) is 0 Å². The molecule has 0 aromatic heterocycles. The fourth-order valence-corrected chi connectivity index (χ4v) is 2.25. The zero-order chi connectivity index (χ0) is 16.0. The van der Waals surface area contributed by atoms with E-state index < -0.39 is 0 Å².